The quantitative estimate of drug-likeness (QED) is 0.164. The Hall–Kier alpha value is -4.16. The lowest BCUT2D eigenvalue weighted by Gasteiger charge is -2.31. The zero-order chi connectivity index (χ0) is 36.9. The number of nitrogens with one attached hydrogen (secondary N) is 4. The van der Waals surface area contributed by atoms with Crippen LogP contribution in [0.1, 0.15) is 104 Å². The molecule has 50 heavy (non-hydrogen) atoms. The second-order valence-electron chi connectivity index (χ2n) is 14.4. The molecule has 0 bridgehead atoms. The SMILES string of the molecule is CCOC(=O)[C@@H]1CCCN[C@@H]1c1ccc(NC(=O)OC(C)(C)C)cc1.CCOC(=O)[C@H]1CCCN[C@H]1c1ccc(NC(=O)OC(C)(C)C)cc1. The minimum atomic E-state index is -0.539. The maximum atomic E-state index is 12.2. The molecule has 276 valence electrons. The molecule has 2 aromatic rings. The second kappa shape index (κ2) is 18.7. The zero-order valence-corrected chi connectivity index (χ0v) is 30.9. The van der Waals surface area contributed by atoms with Crippen LogP contribution in [0.25, 0.3) is 0 Å². The molecule has 0 unspecified atom stereocenters. The van der Waals surface area contributed by atoms with Crippen LogP contribution in [-0.4, -0.2) is 61.6 Å². The summed E-state index contributed by atoms with van der Waals surface area (Å²) >= 11 is 0. The Morgan fingerprint density at radius 1 is 0.620 bits per heavy atom. The van der Waals surface area contributed by atoms with E-state index < -0.39 is 23.4 Å². The molecule has 4 rings (SSSR count). The van der Waals surface area contributed by atoms with Crippen molar-refractivity contribution in [3.63, 3.8) is 0 Å². The van der Waals surface area contributed by atoms with Gasteiger partial charge in [0, 0.05) is 23.5 Å². The Labute approximate surface area is 296 Å². The van der Waals surface area contributed by atoms with Gasteiger partial charge in [0.15, 0.2) is 0 Å². The average Bonchev–Trinajstić information content (AvgIpc) is 3.04. The number of hydrogen-bond donors (Lipinski definition) is 4. The fraction of sp³-hybridized carbons (Fsp3) is 0.579. The van der Waals surface area contributed by atoms with Crippen molar-refractivity contribution < 1.29 is 38.1 Å². The highest BCUT2D eigenvalue weighted by Gasteiger charge is 2.34. The van der Waals surface area contributed by atoms with Gasteiger partial charge in [0.1, 0.15) is 11.2 Å². The highest BCUT2D eigenvalue weighted by atomic mass is 16.6. The van der Waals surface area contributed by atoms with Gasteiger partial charge in [0.2, 0.25) is 0 Å². The summed E-state index contributed by atoms with van der Waals surface area (Å²) < 4.78 is 20.9. The smallest absolute Gasteiger partial charge is 0.412 e. The maximum absolute atomic E-state index is 12.2. The molecule has 2 fully saturated rings. The standard InChI is InChI=1S/2C19H28N2O4/c2*1-5-24-17(22)15-7-6-12-20-16(15)13-8-10-14(11-9-13)21-18(23)25-19(2,3)4/h2*8-11,15-16,20H,5-7,12H2,1-4H3,(H,21,23)/t2*15-,16-/m10/s1. The van der Waals surface area contributed by atoms with E-state index in [4.69, 9.17) is 18.9 Å². The summed E-state index contributed by atoms with van der Waals surface area (Å²) in [5, 5.41) is 12.2. The number of hydrogen-bond acceptors (Lipinski definition) is 10. The van der Waals surface area contributed by atoms with Gasteiger partial charge in [-0.2, -0.15) is 0 Å². The fourth-order valence-corrected chi connectivity index (χ4v) is 5.87. The summed E-state index contributed by atoms with van der Waals surface area (Å²) in [7, 11) is 0. The Kier molecular flexibility index (Phi) is 15.1. The summed E-state index contributed by atoms with van der Waals surface area (Å²) in [5.74, 6) is -0.678. The lowest BCUT2D eigenvalue weighted by molar-refractivity contribution is -0.151. The molecule has 2 heterocycles. The predicted molar refractivity (Wildman–Crippen MR) is 193 cm³/mol. The molecular formula is C38H56N4O8. The average molecular weight is 697 g/mol. The fourth-order valence-electron chi connectivity index (χ4n) is 5.87. The third-order valence-electron chi connectivity index (χ3n) is 7.93. The molecular weight excluding hydrogens is 640 g/mol. The monoisotopic (exact) mass is 696 g/mol. The number of amides is 2. The third kappa shape index (κ3) is 13.3. The van der Waals surface area contributed by atoms with Crippen LogP contribution in [0.3, 0.4) is 0 Å². The van der Waals surface area contributed by atoms with Gasteiger partial charge < -0.3 is 29.6 Å². The first-order chi connectivity index (χ1) is 23.6. The van der Waals surface area contributed by atoms with Gasteiger partial charge in [-0.15, -0.1) is 0 Å². The maximum Gasteiger partial charge on any atom is 0.412 e. The van der Waals surface area contributed by atoms with Crippen LogP contribution in [0.5, 0.6) is 0 Å². The van der Waals surface area contributed by atoms with Gasteiger partial charge in [-0.3, -0.25) is 20.2 Å². The van der Waals surface area contributed by atoms with Crippen molar-refractivity contribution in [2.24, 2.45) is 11.8 Å². The number of rotatable bonds is 8. The van der Waals surface area contributed by atoms with Gasteiger partial charge in [-0.1, -0.05) is 24.3 Å². The summed E-state index contributed by atoms with van der Waals surface area (Å²) in [6.07, 6.45) is 2.57. The molecule has 2 aliphatic heterocycles. The number of ether oxygens (including phenoxy) is 4. The Balaban J connectivity index is 0.000000270. The number of esters is 2. The van der Waals surface area contributed by atoms with Gasteiger partial charge in [-0.05, 0) is 130 Å². The van der Waals surface area contributed by atoms with Crippen molar-refractivity contribution in [2.75, 3.05) is 36.9 Å². The van der Waals surface area contributed by atoms with Crippen LogP contribution < -0.4 is 21.3 Å². The molecule has 0 aromatic heterocycles. The van der Waals surface area contributed by atoms with E-state index >= 15 is 0 Å². The van der Waals surface area contributed by atoms with Crippen LogP contribution >= 0.6 is 0 Å². The molecule has 12 heteroatoms. The lowest BCUT2D eigenvalue weighted by Crippen LogP contribution is -2.39. The summed E-state index contributed by atoms with van der Waals surface area (Å²) in [4.78, 5) is 48.0. The van der Waals surface area contributed by atoms with Gasteiger partial charge in [0.05, 0.1) is 25.0 Å². The predicted octanol–water partition coefficient (Wildman–Crippen LogP) is 7.27. The van der Waals surface area contributed by atoms with Crippen molar-refractivity contribution in [1.29, 1.82) is 0 Å². The first-order valence-electron chi connectivity index (χ1n) is 17.6. The third-order valence-corrected chi connectivity index (χ3v) is 7.93. The molecule has 0 radical (unpaired) electrons. The van der Waals surface area contributed by atoms with Crippen LogP contribution in [0, 0.1) is 11.8 Å². The highest BCUT2D eigenvalue weighted by molar-refractivity contribution is 5.85. The second-order valence-corrected chi connectivity index (χ2v) is 14.4. The van der Waals surface area contributed by atoms with E-state index in [0.717, 1.165) is 49.9 Å². The van der Waals surface area contributed by atoms with E-state index in [9.17, 15) is 19.2 Å². The summed E-state index contributed by atoms with van der Waals surface area (Å²) in [5.41, 5.74) is 2.24. The molecule has 2 saturated heterocycles. The van der Waals surface area contributed by atoms with Gasteiger partial charge in [0.25, 0.3) is 0 Å². The molecule has 12 nitrogen and oxygen atoms in total. The van der Waals surface area contributed by atoms with E-state index in [1.807, 2.05) is 104 Å². The molecule has 2 aromatic carbocycles. The highest BCUT2D eigenvalue weighted by Crippen LogP contribution is 2.32. The Bertz CT molecular complexity index is 1290. The number of carbonyl (C=O) groups is 4. The van der Waals surface area contributed by atoms with Crippen molar-refractivity contribution in [1.82, 2.24) is 10.6 Å². The largest absolute Gasteiger partial charge is 0.466 e. The molecule has 2 aliphatic rings. The minimum absolute atomic E-state index is 0.0663. The van der Waals surface area contributed by atoms with E-state index in [1.54, 1.807) is 0 Å². The van der Waals surface area contributed by atoms with Crippen molar-refractivity contribution in [3.8, 4) is 0 Å². The van der Waals surface area contributed by atoms with E-state index in [0.29, 0.717) is 24.6 Å². The lowest BCUT2D eigenvalue weighted by atomic mass is 9.86. The van der Waals surface area contributed by atoms with Crippen molar-refractivity contribution in [2.45, 2.75) is 104 Å². The number of carbonyl (C=O) groups excluding carboxylic acids is 4. The van der Waals surface area contributed by atoms with E-state index in [2.05, 4.69) is 21.3 Å². The zero-order valence-electron chi connectivity index (χ0n) is 30.9. The molecule has 0 saturated carbocycles. The number of benzene rings is 2. The first kappa shape index (κ1) is 40.3. The Morgan fingerprint density at radius 2 is 0.960 bits per heavy atom. The van der Waals surface area contributed by atoms with Crippen LogP contribution in [0.15, 0.2) is 48.5 Å². The molecule has 0 aliphatic carbocycles. The molecule has 2 amide bonds. The van der Waals surface area contributed by atoms with Crippen LogP contribution in [0.2, 0.25) is 0 Å². The topological polar surface area (TPSA) is 153 Å². The Morgan fingerprint density at radius 3 is 1.26 bits per heavy atom. The number of anilines is 2. The van der Waals surface area contributed by atoms with Crippen LogP contribution in [0.4, 0.5) is 21.0 Å². The minimum Gasteiger partial charge on any atom is -0.466 e. The normalized spacial score (nSPS) is 20.6. The molecule has 4 N–H and O–H groups in total. The van der Waals surface area contributed by atoms with E-state index in [1.165, 1.54) is 0 Å². The molecule has 4 atom stereocenters. The van der Waals surface area contributed by atoms with Crippen molar-refractivity contribution in [3.05, 3.63) is 59.7 Å². The van der Waals surface area contributed by atoms with E-state index in [-0.39, 0.29) is 35.9 Å². The van der Waals surface area contributed by atoms with Crippen LogP contribution in [-0.2, 0) is 28.5 Å². The summed E-state index contributed by atoms with van der Waals surface area (Å²) in [6, 6.07) is 14.8. The summed E-state index contributed by atoms with van der Waals surface area (Å²) in [6.45, 7) is 17.1. The number of piperidine rings is 2. The molecule has 0 spiro atoms. The first-order valence-corrected chi connectivity index (χ1v) is 17.6. The van der Waals surface area contributed by atoms with Crippen molar-refractivity contribution >= 4 is 35.5 Å². The van der Waals surface area contributed by atoms with Gasteiger partial charge in [-0.25, -0.2) is 9.59 Å². The van der Waals surface area contributed by atoms with Gasteiger partial charge >= 0.3 is 24.1 Å².